The van der Waals surface area contributed by atoms with E-state index in [1.165, 1.54) is 0 Å². The number of benzene rings is 2. The molecule has 32 heavy (non-hydrogen) atoms. The molecule has 3 aromatic rings. The Morgan fingerprint density at radius 3 is 2.62 bits per heavy atom. The van der Waals surface area contributed by atoms with Gasteiger partial charge in [-0.3, -0.25) is 19.6 Å². The van der Waals surface area contributed by atoms with E-state index in [0.717, 1.165) is 47.4 Å². The predicted octanol–water partition coefficient (Wildman–Crippen LogP) is 4.35. The smallest absolute Gasteiger partial charge is 0.256 e. The van der Waals surface area contributed by atoms with Crippen molar-refractivity contribution in [2.45, 2.75) is 44.2 Å². The van der Waals surface area contributed by atoms with Crippen molar-refractivity contribution in [2.24, 2.45) is 4.99 Å². The fourth-order valence-electron chi connectivity index (χ4n) is 4.63. The highest BCUT2D eigenvalue weighted by atomic mass is 16.3. The number of carbonyl (C=O) groups excluding carboxylic acids is 2. The summed E-state index contributed by atoms with van der Waals surface area (Å²) in [5.41, 5.74) is 3.32. The lowest BCUT2D eigenvalue weighted by molar-refractivity contribution is 0.0268. The van der Waals surface area contributed by atoms with E-state index in [9.17, 15) is 14.7 Å². The van der Waals surface area contributed by atoms with Crippen molar-refractivity contribution in [2.75, 3.05) is 7.05 Å². The number of rotatable bonds is 6. The van der Waals surface area contributed by atoms with Crippen LogP contribution >= 0.6 is 0 Å². The first kappa shape index (κ1) is 21.8. The van der Waals surface area contributed by atoms with Crippen LogP contribution in [0.15, 0.2) is 53.7 Å². The average molecular weight is 430 g/mol. The van der Waals surface area contributed by atoms with Gasteiger partial charge in [-0.25, -0.2) is 0 Å². The summed E-state index contributed by atoms with van der Waals surface area (Å²) in [7, 11) is 1.76. The van der Waals surface area contributed by atoms with Crippen LogP contribution in [0, 0.1) is 0 Å². The first-order chi connectivity index (χ1) is 15.5. The standard InChI is InChI=1S/C26H27N3O3/c1-27-25-21-8-4-3-7-20(21)18(13-17-11-12-19(16-30)28-15-17)14-22(25)26(32)29(2)23-9-5-6-10-24(23)31/h3-4,7-8,11-12,14-16,23-24,31H,1,5-6,9-10,13H2,2H3/t23-,24-/m0/s1. The quantitative estimate of drug-likeness (QED) is 0.467. The van der Waals surface area contributed by atoms with Gasteiger partial charge in [0.1, 0.15) is 5.69 Å². The number of carbonyl (C=O) groups is 2. The van der Waals surface area contributed by atoms with E-state index in [1.54, 1.807) is 24.2 Å². The number of hydrogen-bond acceptors (Lipinski definition) is 5. The van der Waals surface area contributed by atoms with E-state index in [4.69, 9.17) is 0 Å². The summed E-state index contributed by atoms with van der Waals surface area (Å²) in [6, 6.07) is 13.1. The molecule has 1 N–H and O–H groups in total. The van der Waals surface area contributed by atoms with Gasteiger partial charge >= 0.3 is 0 Å². The number of likely N-dealkylation sites (N-methyl/N-ethyl adjacent to an activating group) is 1. The first-order valence-corrected chi connectivity index (χ1v) is 10.9. The number of nitrogens with zero attached hydrogens (tertiary/aromatic N) is 3. The van der Waals surface area contributed by atoms with E-state index in [0.29, 0.717) is 29.8 Å². The molecule has 2 atom stereocenters. The SMILES string of the molecule is C=Nc1c(C(=O)N(C)[C@H]2CCCC[C@@H]2O)cc(Cc2ccc(C=O)nc2)c2ccccc12. The van der Waals surface area contributed by atoms with Crippen molar-refractivity contribution in [1.29, 1.82) is 0 Å². The lowest BCUT2D eigenvalue weighted by Crippen LogP contribution is -2.46. The van der Waals surface area contributed by atoms with Gasteiger partial charge in [0.25, 0.3) is 5.91 Å². The predicted molar refractivity (Wildman–Crippen MR) is 126 cm³/mol. The van der Waals surface area contributed by atoms with Crippen molar-refractivity contribution in [3.05, 3.63) is 71.0 Å². The Labute approximate surface area is 187 Å². The summed E-state index contributed by atoms with van der Waals surface area (Å²) < 4.78 is 0. The summed E-state index contributed by atoms with van der Waals surface area (Å²) in [6.07, 6.45) is 5.92. The van der Waals surface area contributed by atoms with Crippen molar-refractivity contribution in [3.8, 4) is 0 Å². The summed E-state index contributed by atoms with van der Waals surface area (Å²) in [6.45, 7) is 3.73. The number of amides is 1. The normalized spacial score (nSPS) is 18.3. The molecular weight excluding hydrogens is 402 g/mol. The molecule has 1 aromatic heterocycles. The zero-order chi connectivity index (χ0) is 22.7. The third kappa shape index (κ3) is 4.18. The van der Waals surface area contributed by atoms with Crippen LogP contribution in [0.5, 0.6) is 0 Å². The average Bonchev–Trinajstić information content (AvgIpc) is 2.83. The molecule has 0 saturated heterocycles. The van der Waals surface area contributed by atoms with E-state index in [2.05, 4.69) is 16.7 Å². The molecule has 4 rings (SSSR count). The summed E-state index contributed by atoms with van der Waals surface area (Å²) >= 11 is 0. The molecule has 164 valence electrons. The molecule has 1 aliphatic rings. The van der Waals surface area contributed by atoms with Gasteiger partial charge < -0.3 is 10.0 Å². The van der Waals surface area contributed by atoms with Gasteiger partial charge in [-0.1, -0.05) is 43.2 Å². The van der Waals surface area contributed by atoms with Crippen LogP contribution < -0.4 is 0 Å². The number of fused-ring (bicyclic) bond motifs is 1. The summed E-state index contributed by atoms with van der Waals surface area (Å²) in [4.78, 5) is 34.5. The van der Waals surface area contributed by atoms with Crippen LogP contribution in [0.1, 0.15) is 57.7 Å². The van der Waals surface area contributed by atoms with Gasteiger partial charge in [0.2, 0.25) is 0 Å². The fraction of sp³-hybridized carbons (Fsp3) is 0.308. The maximum atomic E-state index is 13.6. The topological polar surface area (TPSA) is 82.9 Å². The summed E-state index contributed by atoms with van der Waals surface area (Å²) in [5.74, 6) is -0.167. The highest BCUT2D eigenvalue weighted by molar-refractivity contribution is 6.09. The monoisotopic (exact) mass is 429 g/mol. The molecule has 0 bridgehead atoms. The molecule has 0 unspecified atom stereocenters. The molecule has 1 saturated carbocycles. The zero-order valence-corrected chi connectivity index (χ0v) is 18.2. The van der Waals surface area contributed by atoms with Gasteiger partial charge in [0, 0.05) is 18.6 Å². The Balaban J connectivity index is 1.78. The molecule has 0 radical (unpaired) electrons. The van der Waals surface area contributed by atoms with E-state index in [1.807, 2.05) is 36.4 Å². The molecule has 1 fully saturated rings. The molecule has 6 nitrogen and oxygen atoms in total. The van der Waals surface area contributed by atoms with Crippen molar-refractivity contribution < 1.29 is 14.7 Å². The minimum absolute atomic E-state index is 0.167. The number of pyridine rings is 1. The molecule has 2 aromatic carbocycles. The first-order valence-electron chi connectivity index (χ1n) is 10.9. The second-order valence-electron chi connectivity index (χ2n) is 8.36. The number of aromatic nitrogens is 1. The number of aliphatic hydroxyl groups excluding tert-OH is 1. The number of aliphatic imine (C=N–C) groups is 1. The Morgan fingerprint density at radius 2 is 1.97 bits per heavy atom. The van der Waals surface area contributed by atoms with Crippen molar-refractivity contribution in [1.82, 2.24) is 9.88 Å². The fourth-order valence-corrected chi connectivity index (χ4v) is 4.63. The van der Waals surface area contributed by atoms with Gasteiger partial charge in [-0.15, -0.1) is 0 Å². The molecule has 1 heterocycles. The lowest BCUT2D eigenvalue weighted by atomic mass is 9.90. The highest BCUT2D eigenvalue weighted by Gasteiger charge is 2.31. The van der Waals surface area contributed by atoms with Gasteiger partial charge in [0.15, 0.2) is 6.29 Å². The lowest BCUT2D eigenvalue weighted by Gasteiger charge is -2.35. The molecule has 6 heteroatoms. The van der Waals surface area contributed by atoms with Crippen LogP contribution in [0.4, 0.5) is 5.69 Å². The Bertz CT molecular complexity index is 1160. The van der Waals surface area contributed by atoms with Crippen LogP contribution in [0.25, 0.3) is 10.8 Å². The molecule has 0 spiro atoms. The largest absolute Gasteiger partial charge is 0.391 e. The van der Waals surface area contributed by atoms with E-state index in [-0.39, 0.29) is 11.9 Å². The van der Waals surface area contributed by atoms with E-state index < -0.39 is 6.10 Å². The minimum atomic E-state index is -0.514. The van der Waals surface area contributed by atoms with Gasteiger partial charge in [0.05, 0.1) is 23.4 Å². The maximum absolute atomic E-state index is 13.6. The summed E-state index contributed by atoms with van der Waals surface area (Å²) in [5, 5.41) is 12.3. The molecule has 1 aliphatic carbocycles. The Morgan fingerprint density at radius 1 is 1.22 bits per heavy atom. The van der Waals surface area contributed by atoms with Gasteiger partial charge in [-0.2, -0.15) is 0 Å². The Hall–Kier alpha value is -3.38. The van der Waals surface area contributed by atoms with Crippen LogP contribution in [0.2, 0.25) is 0 Å². The second kappa shape index (κ2) is 9.40. The number of aldehydes is 1. The minimum Gasteiger partial charge on any atom is -0.391 e. The van der Waals surface area contributed by atoms with Gasteiger partial charge in [-0.05, 0) is 54.6 Å². The van der Waals surface area contributed by atoms with Crippen molar-refractivity contribution in [3.63, 3.8) is 0 Å². The molecule has 0 aliphatic heterocycles. The van der Waals surface area contributed by atoms with Crippen LogP contribution in [-0.4, -0.2) is 53.1 Å². The van der Waals surface area contributed by atoms with E-state index >= 15 is 0 Å². The maximum Gasteiger partial charge on any atom is 0.256 e. The Kier molecular flexibility index (Phi) is 6.42. The van der Waals surface area contributed by atoms with Crippen LogP contribution in [0.3, 0.4) is 0 Å². The zero-order valence-electron chi connectivity index (χ0n) is 18.2. The third-order valence-corrected chi connectivity index (χ3v) is 6.37. The second-order valence-corrected chi connectivity index (χ2v) is 8.36. The molecular formula is C26H27N3O3. The highest BCUT2D eigenvalue weighted by Crippen LogP contribution is 2.35. The van der Waals surface area contributed by atoms with Crippen molar-refractivity contribution >= 4 is 35.4 Å². The van der Waals surface area contributed by atoms with Crippen LogP contribution in [-0.2, 0) is 6.42 Å². The third-order valence-electron chi connectivity index (χ3n) is 6.37. The molecule has 1 amide bonds. The number of aliphatic hydroxyl groups is 1. The number of hydrogen-bond donors (Lipinski definition) is 1.